The van der Waals surface area contributed by atoms with Crippen molar-refractivity contribution in [3.05, 3.63) is 64.8 Å². The summed E-state index contributed by atoms with van der Waals surface area (Å²) in [7, 11) is 0. The summed E-state index contributed by atoms with van der Waals surface area (Å²) >= 11 is 7.20. The van der Waals surface area contributed by atoms with Crippen LogP contribution in [0.1, 0.15) is 0 Å². The number of hydrogen-bond acceptors (Lipinski definition) is 2. The molecule has 94 valence electrons. The molecule has 0 saturated heterocycles. The molecule has 1 nitrogen and oxygen atoms in total. The molecule has 0 aliphatic rings. The fourth-order valence-corrected chi connectivity index (χ4v) is 2.83. The Bertz CT molecular complexity index is 709. The summed E-state index contributed by atoms with van der Waals surface area (Å²) in [6.45, 7) is 0. The van der Waals surface area contributed by atoms with Crippen molar-refractivity contribution < 1.29 is 4.39 Å². The van der Waals surface area contributed by atoms with Crippen LogP contribution in [0.2, 0.25) is 5.02 Å². The van der Waals surface area contributed by atoms with Gasteiger partial charge in [0.1, 0.15) is 5.01 Å². The minimum Gasteiger partial charge on any atom is -0.236 e. The average Bonchev–Trinajstić information content (AvgIpc) is 2.92. The van der Waals surface area contributed by atoms with Crippen molar-refractivity contribution in [2.24, 2.45) is 0 Å². The quantitative estimate of drug-likeness (QED) is 0.626. The zero-order chi connectivity index (χ0) is 13.2. The molecule has 3 rings (SSSR count). The summed E-state index contributed by atoms with van der Waals surface area (Å²) in [6, 6.07) is 14.8. The first-order valence-corrected chi connectivity index (χ1v) is 6.97. The van der Waals surface area contributed by atoms with E-state index in [1.165, 1.54) is 17.4 Å². The van der Waals surface area contributed by atoms with Gasteiger partial charge in [-0.3, -0.25) is 0 Å². The van der Waals surface area contributed by atoms with Crippen LogP contribution in [0, 0.1) is 5.82 Å². The third kappa shape index (κ3) is 2.39. The summed E-state index contributed by atoms with van der Waals surface area (Å²) in [5.41, 5.74) is 2.31. The second kappa shape index (κ2) is 5.11. The van der Waals surface area contributed by atoms with E-state index in [0.717, 1.165) is 11.3 Å². The highest BCUT2D eigenvalue weighted by Crippen LogP contribution is 2.32. The molecule has 4 heteroatoms. The Morgan fingerprint density at radius 1 is 1.00 bits per heavy atom. The lowest BCUT2D eigenvalue weighted by atomic mass is 10.2. The van der Waals surface area contributed by atoms with Crippen LogP contribution in [-0.2, 0) is 0 Å². The summed E-state index contributed by atoms with van der Waals surface area (Å²) in [5, 5.41) is 2.68. The Hall–Kier alpha value is -1.71. The van der Waals surface area contributed by atoms with Crippen molar-refractivity contribution in [1.82, 2.24) is 4.98 Å². The number of aromatic nitrogens is 1. The van der Waals surface area contributed by atoms with Gasteiger partial charge in [0.05, 0.1) is 10.7 Å². The Balaban J connectivity index is 2.05. The van der Waals surface area contributed by atoms with Crippen LogP contribution < -0.4 is 0 Å². The molecule has 2 aromatic carbocycles. The highest BCUT2D eigenvalue weighted by Gasteiger charge is 2.12. The van der Waals surface area contributed by atoms with E-state index in [9.17, 15) is 4.39 Å². The summed E-state index contributed by atoms with van der Waals surface area (Å²) in [4.78, 5) is 4.47. The molecule has 0 saturated carbocycles. The molecule has 0 fully saturated rings. The number of benzene rings is 2. The lowest BCUT2D eigenvalue weighted by Crippen LogP contribution is -1.85. The summed E-state index contributed by atoms with van der Waals surface area (Å²) in [6.07, 6.45) is 0. The SMILES string of the molecule is Fc1c(Cl)cccc1-c1nc(-c2ccccc2)cs1. The molecule has 19 heavy (non-hydrogen) atoms. The number of rotatable bonds is 2. The molecule has 0 bridgehead atoms. The normalized spacial score (nSPS) is 10.6. The van der Waals surface area contributed by atoms with Crippen molar-refractivity contribution in [1.29, 1.82) is 0 Å². The highest BCUT2D eigenvalue weighted by molar-refractivity contribution is 7.13. The number of thiazole rings is 1. The molecule has 0 unspecified atom stereocenters. The first-order valence-electron chi connectivity index (χ1n) is 5.71. The third-order valence-corrected chi connectivity index (χ3v) is 3.92. The van der Waals surface area contributed by atoms with E-state index in [2.05, 4.69) is 4.98 Å². The zero-order valence-electron chi connectivity index (χ0n) is 9.81. The van der Waals surface area contributed by atoms with E-state index in [0.29, 0.717) is 10.6 Å². The van der Waals surface area contributed by atoms with Crippen LogP contribution in [-0.4, -0.2) is 4.98 Å². The molecular weight excluding hydrogens is 281 g/mol. The van der Waals surface area contributed by atoms with Crippen LogP contribution in [0.15, 0.2) is 53.9 Å². The van der Waals surface area contributed by atoms with Gasteiger partial charge >= 0.3 is 0 Å². The van der Waals surface area contributed by atoms with Crippen molar-refractivity contribution in [2.45, 2.75) is 0 Å². The fraction of sp³-hybridized carbons (Fsp3) is 0. The number of nitrogens with zero attached hydrogens (tertiary/aromatic N) is 1. The van der Waals surface area contributed by atoms with Gasteiger partial charge in [-0.15, -0.1) is 11.3 Å². The van der Waals surface area contributed by atoms with E-state index in [1.54, 1.807) is 12.1 Å². The van der Waals surface area contributed by atoms with E-state index >= 15 is 0 Å². The van der Waals surface area contributed by atoms with Crippen LogP contribution >= 0.6 is 22.9 Å². The zero-order valence-corrected chi connectivity index (χ0v) is 11.4. The lowest BCUT2D eigenvalue weighted by Gasteiger charge is -2.00. The van der Waals surface area contributed by atoms with E-state index in [4.69, 9.17) is 11.6 Å². The fourth-order valence-electron chi connectivity index (χ4n) is 1.81. The Morgan fingerprint density at radius 3 is 2.58 bits per heavy atom. The van der Waals surface area contributed by atoms with Crippen LogP contribution in [0.5, 0.6) is 0 Å². The molecule has 0 aliphatic carbocycles. The Kier molecular flexibility index (Phi) is 3.32. The molecule has 0 radical (unpaired) electrons. The molecule has 1 aromatic heterocycles. The molecule has 0 amide bonds. The van der Waals surface area contributed by atoms with Gasteiger partial charge in [0, 0.05) is 16.5 Å². The first kappa shape index (κ1) is 12.3. The molecule has 1 heterocycles. The minimum atomic E-state index is -0.418. The van der Waals surface area contributed by atoms with Gasteiger partial charge in [-0.1, -0.05) is 48.0 Å². The summed E-state index contributed by atoms with van der Waals surface area (Å²) < 4.78 is 13.9. The Morgan fingerprint density at radius 2 is 1.79 bits per heavy atom. The van der Waals surface area contributed by atoms with Gasteiger partial charge in [0.25, 0.3) is 0 Å². The molecule has 0 spiro atoms. The number of hydrogen-bond donors (Lipinski definition) is 0. The van der Waals surface area contributed by atoms with Gasteiger partial charge in [0.2, 0.25) is 0 Å². The molecule has 3 aromatic rings. The van der Waals surface area contributed by atoms with Crippen LogP contribution in [0.4, 0.5) is 4.39 Å². The van der Waals surface area contributed by atoms with Crippen LogP contribution in [0.3, 0.4) is 0 Å². The maximum absolute atomic E-state index is 13.9. The topological polar surface area (TPSA) is 12.9 Å². The second-order valence-electron chi connectivity index (χ2n) is 4.01. The summed E-state index contributed by atoms with van der Waals surface area (Å²) in [5.74, 6) is -0.418. The lowest BCUT2D eigenvalue weighted by molar-refractivity contribution is 0.631. The molecular formula is C15H9ClFNS. The molecule has 0 atom stereocenters. The number of halogens is 2. The maximum atomic E-state index is 13.9. The van der Waals surface area contributed by atoms with Gasteiger partial charge < -0.3 is 0 Å². The van der Waals surface area contributed by atoms with Crippen molar-refractivity contribution in [2.75, 3.05) is 0 Å². The molecule has 0 N–H and O–H groups in total. The average molecular weight is 290 g/mol. The minimum absolute atomic E-state index is 0.119. The third-order valence-electron chi connectivity index (χ3n) is 2.76. The van der Waals surface area contributed by atoms with E-state index in [-0.39, 0.29) is 5.02 Å². The van der Waals surface area contributed by atoms with Gasteiger partial charge in [0.15, 0.2) is 5.82 Å². The van der Waals surface area contributed by atoms with Crippen molar-refractivity contribution >= 4 is 22.9 Å². The van der Waals surface area contributed by atoms with Crippen LogP contribution in [0.25, 0.3) is 21.8 Å². The molecule has 0 aliphatic heterocycles. The smallest absolute Gasteiger partial charge is 0.152 e. The van der Waals surface area contributed by atoms with Crippen molar-refractivity contribution in [3.8, 4) is 21.8 Å². The van der Waals surface area contributed by atoms with E-state index in [1.807, 2.05) is 35.7 Å². The van der Waals surface area contributed by atoms with Gasteiger partial charge in [-0.25, -0.2) is 9.37 Å². The predicted molar refractivity (Wildman–Crippen MR) is 78.0 cm³/mol. The first-order chi connectivity index (χ1) is 9.25. The second-order valence-corrected chi connectivity index (χ2v) is 5.27. The maximum Gasteiger partial charge on any atom is 0.152 e. The Labute approximate surface area is 119 Å². The van der Waals surface area contributed by atoms with E-state index < -0.39 is 5.82 Å². The predicted octanol–water partition coefficient (Wildman–Crippen LogP) is 5.27. The van der Waals surface area contributed by atoms with Crippen molar-refractivity contribution in [3.63, 3.8) is 0 Å². The monoisotopic (exact) mass is 289 g/mol. The van der Waals surface area contributed by atoms with Gasteiger partial charge in [-0.05, 0) is 12.1 Å². The van der Waals surface area contributed by atoms with Gasteiger partial charge in [-0.2, -0.15) is 0 Å². The standard InChI is InChI=1S/C15H9ClFNS/c16-12-8-4-7-11(14(12)17)15-18-13(9-19-15)10-5-2-1-3-6-10/h1-9H. The highest BCUT2D eigenvalue weighted by atomic mass is 35.5. The largest absolute Gasteiger partial charge is 0.236 e.